The van der Waals surface area contributed by atoms with E-state index < -0.39 is 11.7 Å². The zero-order valence-corrected chi connectivity index (χ0v) is 19.8. The number of hydrogen-bond acceptors (Lipinski definition) is 5. The molecular weight excluding hydrogens is 471 g/mol. The molecule has 1 amide bonds. The maximum Gasteiger partial charge on any atom is 0.417 e. The van der Waals surface area contributed by atoms with E-state index in [2.05, 4.69) is 4.98 Å². The highest BCUT2D eigenvalue weighted by atomic mass is 35.5. The van der Waals surface area contributed by atoms with Gasteiger partial charge in [-0.1, -0.05) is 11.6 Å². The predicted octanol–water partition coefficient (Wildman–Crippen LogP) is 5.35. The van der Waals surface area contributed by atoms with Gasteiger partial charge in [-0.15, -0.1) is 0 Å². The van der Waals surface area contributed by atoms with Crippen LogP contribution in [0.15, 0.2) is 30.5 Å². The Morgan fingerprint density at radius 2 is 1.82 bits per heavy atom. The van der Waals surface area contributed by atoms with Crippen LogP contribution < -0.4 is 14.4 Å². The second-order valence-corrected chi connectivity index (χ2v) is 8.99. The molecule has 4 rings (SSSR count). The van der Waals surface area contributed by atoms with Crippen molar-refractivity contribution in [1.29, 1.82) is 0 Å². The first-order valence-electron chi connectivity index (χ1n) is 11.2. The largest absolute Gasteiger partial charge is 0.497 e. The lowest BCUT2D eigenvalue weighted by Gasteiger charge is -2.36. The second kappa shape index (κ2) is 9.90. The Balaban J connectivity index is 1.43. The van der Waals surface area contributed by atoms with E-state index in [-0.39, 0.29) is 22.9 Å². The van der Waals surface area contributed by atoms with Gasteiger partial charge in [0.05, 0.1) is 30.8 Å². The summed E-state index contributed by atoms with van der Waals surface area (Å²) < 4.78 is 49.6. The zero-order valence-electron chi connectivity index (χ0n) is 19.1. The van der Waals surface area contributed by atoms with Gasteiger partial charge in [0.2, 0.25) is 5.91 Å². The molecule has 2 fully saturated rings. The van der Waals surface area contributed by atoms with Gasteiger partial charge in [0.25, 0.3) is 0 Å². The standard InChI is InChI=1S/C24H27ClF3N3O3/c1-33-17-5-6-18(21(13-17)34-2)20-4-3-9-31(20)23(32)15-7-10-30(11-8-15)22-19(25)12-16(14-29-22)24(26,27)28/h5-6,12-15,20H,3-4,7-11H2,1-2H3/t20-/m0/s1. The summed E-state index contributed by atoms with van der Waals surface area (Å²) in [5.41, 5.74) is 0.0904. The van der Waals surface area contributed by atoms with Crippen molar-refractivity contribution in [2.24, 2.45) is 5.92 Å². The molecule has 2 saturated heterocycles. The van der Waals surface area contributed by atoms with Crippen LogP contribution in [0.5, 0.6) is 11.5 Å². The number of carbonyl (C=O) groups is 1. The molecular formula is C24H27ClF3N3O3. The number of rotatable bonds is 5. The smallest absolute Gasteiger partial charge is 0.417 e. The maximum absolute atomic E-state index is 13.4. The van der Waals surface area contributed by atoms with Crippen molar-refractivity contribution in [2.45, 2.75) is 37.9 Å². The Kier molecular flexibility index (Phi) is 7.12. The molecule has 6 nitrogen and oxygen atoms in total. The molecule has 0 unspecified atom stereocenters. The number of nitrogens with zero attached hydrogens (tertiary/aromatic N) is 3. The molecule has 1 aromatic carbocycles. The van der Waals surface area contributed by atoms with Gasteiger partial charge in [0.15, 0.2) is 0 Å². The van der Waals surface area contributed by atoms with Gasteiger partial charge in [-0.3, -0.25) is 4.79 Å². The number of piperidine rings is 1. The lowest BCUT2D eigenvalue weighted by atomic mass is 9.94. The van der Waals surface area contributed by atoms with Gasteiger partial charge in [0.1, 0.15) is 17.3 Å². The number of carbonyl (C=O) groups excluding carboxylic acids is 1. The monoisotopic (exact) mass is 497 g/mol. The van der Waals surface area contributed by atoms with Crippen molar-refractivity contribution >= 4 is 23.3 Å². The van der Waals surface area contributed by atoms with Crippen molar-refractivity contribution < 1.29 is 27.4 Å². The van der Waals surface area contributed by atoms with Crippen LogP contribution >= 0.6 is 11.6 Å². The van der Waals surface area contributed by atoms with Crippen LogP contribution in [0.3, 0.4) is 0 Å². The van der Waals surface area contributed by atoms with E-state index in [4.69, 9.17) is 21.1 Å². The van der Waals surface area contributed by atoms with Crippen LogP contribution in [0, 0.1) is 5.92 Å². The summed E-state index contributed by atoms with van der Waals surface area (Å²) >= 11 is 6.11. The normalized spacial score (nSPS) is 19.4. The molecule has 184 valence electrons. The van der Waals surface area contributed by atoms with Crippen molar-refractivity contribution in [1.82, 2.24) is 9.88 Å². The summed E-state index contributed by atoms with van der Waals surface area (Å²) in [6, 6.07) is 6.50. The number of hydrogen-bond donors (Lipinski definition) is 0. The number of halogens is 4. The molecule has 0 spiro atoms. The summed E-state index contributed by atoms with van der Waals surface area (Å²) in [5, 5.41) is -0.0363. The van der Waals surface area contributed by atoms with E-state index in [1.54, 1.807) is 14.2 Å². The highest BCUT2D eigenvalue weighted by molar-refractivity contribution is 6.33. The highest BCUT2D eigenvalue weighted by Gasteiger charge is 2.37. The van der Waals surface area contributed by atoms with Gasteiger partial charge < -0.3 is 19.3 Å². The topological polar surface area (TPSA) is 54.9 Å². The molecule has 3 heterocycles. The third-order valence-electron chi connectivity index (χ3n) is 6.63. The van der Waals surface area contributed by atoms with Gasteiger partial charge in [-0.25, -0.2) is 4.98 Å². The van der Waals surface area contributed by atoms with Crippen LogP contribution in [0.25, 0.3) is 0 Å². The van der Waals surface area contributed by atoms with Crippen LogP contribution in [0.4, 0.5) is 19.0 Å². The average molecular weight is 498 g/mol. The Morgan fingerprint density at radius 3 is 2.44 bits per heavy atom. The minimum absolute atomic E-state index is 0.0363. The minimum atomic E-state index is -4.49. The van der Waals surface area contributed by atoms with Crippen LogP contribution in [0.1, 0.15) is 42.9 Å². The van der Waals surface area contributed by atoms with Crippen LogP contribution in [-0.4, -0.2) is 49.6 Å². The molecule has 34 heavy (non-hydrogen) atoms. The molecule has 0 N–H and O–H groups in total. The number of benzene rings is 1. The van der Waals surface area contributed by atoms with Crippen molar-refractivity contribution in [3.05, 3.63) is 46.6 Å². The Bertz CT molecular complexity index is 1040. The summed E-state index contributed by atoms with van der Waals surface area (Å²) in [6.07, 6.45) is -0.752. The van der Waals surface area contributed by atoms with Gasteiger partial charge in [-0.05, 0) is 43.9 Å². The minimum Gasteiger partial charge on any atom is -0.497 e. The number of aromatic nitrogens is 1. The van der Waals surface area contributed by atoms with E-state index in [1.807, 2.05) is 28.0 Å². The number of alkyl halides is 3. The maximum atomic E-state index is 13.4. The first-order valence-corrected chi connectivity index (χ1v) is 11.6. The summed E-state index contributed by atoms with van der Waals surface area (Å²) in [5.74, 6) is 1.66. The molecule has 1 atom stereocenters. The lowest BCUT2D eigenvalue weighted by molar-refractivity contribution is -0.138. The Hall–Kier alpha value is -2.68. The third kappa shape index (κ3) is 4.89. The molecule has 1 aromatic heterocycles. The van der Waals surface area contributed by atoms with E-state index in [0.29, 0.717) is 49.8 Å². The fraction of sp³-hybridized carbons (Fsp3) is 0.500. The van der Waals surface area contributed by atoms with E-state index in [9.17, 15) is 18.0 Å². The molecule has 0 radical (unpaired) electrons. The highest BCUT2D eigenvalue weighted by Crippen LogP contribution is 2.40. The fourth-order valence-corrected chi connectivity index (χ4v) is 5.12. The van der Waals surface area contributed by atoms with E-state index >= 15 is 0 Å². The van der Waals surface area contributed by atoms with Crippen molar-refractivity contribution in [3.8, 4) is 11.5 Å². The number of ether oxygens (including phenoxy) is 2. The van der Waals surface area contributed by atoms with Crippen LogP contribution in [0.2, 0.25) is 5.02 Å². The number of amides is 1. The number of methoxy groups -OCH3 is 2. The Morgan fingerprint density at radius 1 is 1.09 bits per heavy atom. The quantitative estimate of drug-likeness (QED) is 0.557. The van der Waals surface area contributed by atoms with Gasteiger partial charge in [-0.2, -0.15) is 13.2 Å². The third-order valence-corrected chi connectivity index (χ3v) is 6.91. The number of pyridine rings is 1. The molecule has 2 aliphatic heterocycles. The summed E-state index contributed by atoms with van der Waals surface area (Å²) in [4.78, 5) is 21.2. The first kappa shape index (κ1) is 24.4. The van der Waals surface area contributed by atoms with Crippen molar-refractivity contribution in [2.75, 3.05) is 38.8 Å². The molecule has 0 aliphatic carbocycles. The number of anilines is 1. The summed E-state index contributed by atoms with van der Waals surface area (Å²) in [6.45, 7) is 1.68. The number of likely N-dealkylation sites (tertiary alicyclic amines) is 1. The van der Waals surface area contributed by atoms with Gasteiger partial charge in [0, 0.05) is 43.4 Å². The lowest BCUT2D eigenvalue weighted by Crippen LogP contribution is -2.42. The summed E-state index contributed by atoms with van der Waals surface area (Å²) in [7, 11) is 3.20. The van der Waals surface area contributed by atoms with E-state index in [1.165, 1.54) is 0 Å². The second-order valence-electron chi connectivity index (χ2n) is 8.59. The first-order chi connectivity index (χ1) is 16.2. The molecule has 2 aliphatic rings. The van der Waals surface area contributed by atoms with E-state index in [0.717, 1.165) is 30.7 Å². The Labute approximate surface area is 201 Å². The SMILES string of the molecule is COc1ccc([C@@H]2CCCN2C(=O)C2CCN(c3ncc(C(F)(F)F)cc3Cl)CC2)c(OC)c1. The average Bonchev–Trinajstić information content (AvgIpc) is 3.32. The fourth-order valence-electron chi connectivity index (χ4n) is 4.84. The zero-order chi connectivity index (χ0) is 24.5. The molecule has 0 bridgehead atoms. The van der Waals surface area contributed by atoms with Gasteiger partial charge >= 0.3 is 6.18 Å². The predicted molar refractivity (Wildman–Crippen MR) is 122 cm³/mol. The van der Waals surface area contributed by atoms with Crippen molar-refractivity contribution in [3.63, 3.8) is 0 Å². The molecule has 10 heteroatoms. The van der Waals surface area contributed by atoms with Crippen LogP contribution in [-0.2, 0) is 11.0 Å². The molecule has 0 saturated carbocycles. The molecule has 2 aromatic rings.